The summed E-state index contributed by atoms with van der Waals surface area (Å²) in [4.78, 5) is 43.5. The normalized spacial score (nSPS) is 18.0. The van der Waals surface area contributed by atoms with E-state index in [2.05, 4.69) is 15.9 Å². The summed E-state index contributed by atoms with van der Waals surface area (Å²) in [6, 6.07) is 32.1. The largest absolute Gasteiger partial charge is 0.395 e. The van der Waals surface area contributed by atoms with E-state index in [4.69, 9.17) is 5.10 Å². The van der Waals surface area contributed by atoms with Crippen molar-refractivity contribution in [3.05, 3.63) is 142 Å². The highest BCUT2D eigenvalue weighted by molar-refractivity contribution is 9.10. The van der Waals surface area contributed by atoms with Crippen molar-refractivity contribution in [2.75, 3.05) is 23.1 Å². The van der Waals surface area contributed by atoms with Gasteiger partial charge in [0.25, 0.3) is 5.91 Å². The lowest BCUT2D eigenvalue weighted by Crippen LogP contribution is -2.44. The summed E-state index contributed by atoms with van der Waals surface area (Å²) in [5.74, 6) is -1.44. The molecule has 2 N–H and O–H groups in total. The molecule has 0 spiro atoms. The molecule has 0 unspecified atom stereocenters. The van der Waals surface area contributed by atoms with E-state index in [-0.39, 0.29) is 37.9 Å². The van der Waals surface area contributed by atoms with Crippen LogP contribution in [0.3, 0.4) is 0 Å². The number of anilines is 2. The van der Waals surface area contributed by atoms with Crippen LogP contribution in [0.5, 0.6) is 0 Å². The standard InChI is InChI=1S/C40H39BrN4O5/c1-28(10-8-17-37(47)43(22-23-46)26-29-11-4-2-5-12-29)40(50)34-25-32(41)18-20-36(34)44(39(40)49)27-30-13-9-16-33(24-30)45-38(48)21-19-35(42-45)31-14-6-3-7-15-31/h2-16,18,20,24-25,28,46,50H,17,19,21-23,26-27H2,1H3/b10-8+/t28-,40+/m1/s1. The third-order valence-electron chi connectivity index (χ3n) is 9.18. The van der Waals surface area contributed by atoms with Gasteiger partial charge in [0.15, 0.2) is 5.60 Å². The van der Waals surface area contributed by atoms with E-state index in [1.54, 1.807) is 41.0 Å². The number of aliphatic hydroxyl groups excluding tert-OH is 1. The Labute approximate surface area is 300 Å². The number of hydrogen-bond acceptors (Lipinski definition) is 6. The second kappa shape index (κ2) is 15.3. The topological polar surface area (TPSA) is 114 Å². The highest BCUT2D eigenvalue weighted by Crippen LogP contribution is 2.47. The minimum atomic E-state index is -1.89. The first kappa shape index (κ1) is 34.9. The number of hydrazone groups is 1. The van der Waals surface area contributed by atoms with Gasteiger partial charge in [-0.3, -0.25) is 14.4 Å². The van der Waals surface area contributed by atoms with Crippen molar-refractivity contribution in [2.24, 2.45) is 11.0 Å². The van der Waals surface area contributed by atoms with Gasteiger partial charge in [-0.05, 0) is 47.0 Å². The quantitative estimate of drug-likeness (QED) is 0.166. The van der Waals surface area contributed by atoms with Gasteiger partial charge < -0.3 is 20.0 Å². The third-order valence-corrected chi connectivity index (χ3v) is 9.68. The maximum atomic E-state index is 14.2. The van der Waals surface area contributed by atoms with E-state index in [1.807, 2.05) is 91.0 Å². The summed E-state index contributed by atoms with van der Waals surface area (Å²) >= 11 is 3.50. The lowest BCUT2D eigenvalue weighted by molar-refractivity contribution is -0.139. The molecule has 0 aliphatic carbocycles. The Kier molecular flexibility index (Phi) is 10.7. The number of carbonyl (C=O) groups is 3. The molecule has 0 fully saturated rings. The van der Waals surface area contributed by atoms with Crippen LogP contribution in [0.4, 0.5) is 11.4 Å². The summed E-state index contributed by atoms with van der Waals surface area (Å²) in [6.45, 7) is 2.33. The Hall–Kier alpha value is -4.90. The number of nitrogens with zero attached hydrogens (tertiary/aromatic N) is 4. The Morgan fingerprint density at radius 3 is 2.42 bits per heavy atom. The summed E-state index contributed by atoms with van der Waals surface area (Å²) < 4.78 is 0.717. The van der Waals surface area contributed by atoms with Crippen LogP contribution < -0.4 is 9.91 Å². The molecule has 2 aliphatic rings. The zero-order valence-electron chi connectivity index (χ0n) is 27.8. The fourth-order valence-corrected chi connectivity index (χ4v) is 6.86. The zero-order valence-corrected chi connectivity index (χ0v) is 29.4. The van der Waals surface area contributed by atoms with Crippen LogP contribution in [0.15, 0.2) is 125 Å². The van der Waals surface area contributed by atoms with Crippen molar-refractivity contribution >= 4 is 50.7 Å². The van der Waals surface area contributed by atoms with Crippen molar-refractivity contribution < 1.29 is 24.6 Å². The van der Waals surface area contributed by atoms with E-state index < -0.39 is 17.4 Å². The SMILES string of the molecule is C[C@H](/C=C/CC(=O)N(CCO)Cc1ccccc1)[C@@]1(O)C(=O)N(Cc2cccc(N3N=C(c4ccccc4)CCC3=O)c2)c2ccc(Br)cc21. The van der Waals surface area contributed by atoms with E-state index in [0.29, 0.717) is 40.8 Å². The zero-order chi connectivity index (χ0) is 35.3. The molecule has 6 rings (SSSR count). The van der Waals surface area contributed by atoms with Gasteiger partial charge in [0.1, 0.15) is 0 Å². The lowest BCUT2D eigenvalue weighted by Gasteiger charge is -2.28. The first-order valence-corrected chi connectivity index (χ1v) is 17.5. The molecule has 50 heavy (non-hydrogen) atoms. The molecule has 0 saturated carbocycles. The Morgan fingerprint density at radius 1 is 0.960 bits per heavy atom. The molecule has 0 aromatic heterocycles. The van der Waals surface area contributed by atoms with E-state index >= 15 is 0 Å². The second-order valence-electron chi connectivity index (χ2n) is 12.6. The minimum absolute atomic E-state index is 0.0486. The fraction of sp³-hybridized carbons (Fsp3) is 0.250. The fourth-order valence-electron chi connectivity index (χ4n) is 6.50. The highest BCUT2D eigenvalue weighted by Gasteiger charge is 2.52. The Morgan fingerprint density at radius 2 is 1.68 bits per heavy atom. The smallest absolute Gasteiger partial charge is 0.264 e. The summed E-state index contributed by atoms with van der Waals surface area (Å²) in [5, 5.41) is 27.9. The Bertz CT molecular complexity index is 1930. The molecule has 2 atom stereocenters. The third kappa shape index (κ3) is 7.33. The van der Waals surface area contributed by atoms with Crippen molar-refractivity contribution in [3.8, 4) is 0 Å². The number of halogens is 1. The van der Waals surface area contributed by atoms with Gasteiger partial charge in [0.2, 0.25) is 11.8 Å². The average Bonchev–Trinajstić information content (AvgIpc) is 3.34. The molecule has 10 heteroatoms. The number of hydrogen-bond donors (Lipinski definition) is 2. The molecule has 2 aliphatic heterocycles. The molecular formula is C40H39BrN4O5. The van der Waals surface area contributed by atoms with Crippen molar-refractivity contribution in [1.82, 2.24) is 4.90 Å². The summed E-state index contributed by atoms with van der Waals surface area (Å²) in [5.41, 5.74) is 3.27. The van der Waals surface area contributed by atoms with Crippen LogP contribution >= 0.6 is 15.9 Å². The number of benzene rings is 4. The van der Waals surface area contributed by atoms with Gasteiger partial charge in [-0.25, -0.2) is 5.01 Å². The van der Waals surface area contributed by atoms with Crippen molar-refractivity contribution in [3.63, 3.8) is 0 Å². The summed E-state index contributed by atoms with van der Waals surface area (Å²) in [7, 11) is 0. The molecule has 2 heterocycles. The first-order chi connectivity index (χ1) is 24.2. The molecule has 0 saturated heterocycles. The molecule has 0 radical (unpaired) electrons. The monoisotopic (exact) mass is 734 g/mol. The second-order valence-corrected chi connectivity index (χ2v) is 13.5. The number of amides is 3. The van der Waals surface area contributed by atoms with Crippen LogP contribution in [0.1, 0.15) is 48.4 Å². The number of aliphatic hydroxyl groups is 2. The number of fused-ring (bicyclic) bond motifs is 1. The van der Waals surface area contributed by atoms with Gasteiger partial charge in [0, 0.05) is 48.3 Å². The summed E-state index contributed by atoms with van der Waals surface area (Å²) in [6.07, 6.45) is 4.32. The molecule has 256 valence electrons. The molecule has 0 bridgehead atoms. The first-order valence-electron chi connectivity index (χ1n) is 16.7. The van der Waals surface area contributed by atoms with Crippen molar-refractivity contribution in [1.29, 1.82) is 0 Å². The minimum Gasteiger partial charge on any atom is -0.395 e. The van der Waals surface area contributed by atoms with Crippen LogP contribution in [0.25, 0.3) is 0 Å². The molecule has 4 aromatic carbocycles. The van der Waals surface area contributed by atoms with Gasteiger partial charge in [-0.1, -0.05) is 108 Å². The molecule has 3 amide bonds. The van der Waals surface area contributed by atoms with Crippen LogP contribution in [-0.4, -0.2) is 51.7 Å². The maximum absolute atomic E-state index is 14.2. The van der Waals surface area contributed by atoms with E-state index in [9.17, 15) is 24.6 Å². The number of carbonyl (C=O) groups excluding carboxylic acids is 3. The van der Waals surface area contributed by atoms with Gasteiger partial charge >= 0.3 is 0 Å². The van der Waals surface area contributed by atoms with E-state index in [0.717, 1.165) is 22.4 Å². The number of rotatable bonds is 12. The van der Waals surface area contributed by atoms with E-state index in [1.165, 1.54) is 5.01 Å². The van der Waals surface area contributed by atoms with Gasteiger partial charge in [-0.2, -0.15) is 5.10 Å². The van der Waals surface area contributed by atoms with Gasteiger partial charge in [0.05, 0.1) is 30.2 Å². The lowest BCUT2D eigenvalue weighted by atomic mass is 9.83. The molecule has 4 aromatic rings. The van der Waals surface area contributed by atoms with Crippen LogP contribution in [-0.2, 0) is 33.1 Å². The predicted octanol–water partition coefficient (Wildman–Crippen LogP) is 6.32. The van der Waals surface area contributed by atoms with Crippen LogP contribution in [0.2, 0.25) is 0 Å². The maximum Gasteiger partial charge on any atom is 0.264 e. The van der Waals surface area contributed by atoms with Crippen LogP contribution in [0, 0.1) is 5.92 Å². The molecular weight excluding hydrogens is 696 g/mol. The predicted molar refractivity (Wildman–Crippen MR) is 197 cm³/mol. The Balaban J connectivity index is 1.21. The molecule has 9 nitrogen and oxygen atoms in total. The van der Waals surface area contributed by atoms with Gasteiger partial charge in [-0.15, -0.1) is 0 Å². The van der Waals surface area contributed by atoms with Crippen molar-refractivity contribution in [2.45, 2.75) is 44.9 Å². The highest BCUT2D eigenvalue weighted by atomic mass is 79.9. The average molecular weight is 736 g/mol.